The average Bonchev–Trinajstić information content (AvgIpc) is 3.37. The standard InChI is InChI=1S/C23H40N4O2/c1-20(24-10-7-16-26-12-3-4-13-26)18-23(29)9-8-22(19-21(2)28)25-11-17-27-14-5-6-15-27/h18-19,24-25H,3-17H2,1-2H3/b20-18-,22-19-. The molecular formula is C23H40N4O2. The normalized spacial score (nSPS) is 19.0. The summed E-state index contributed by atoms with van der Waals surface area (Å²) < 4.78 is 0. The molecule has 6 nitrogen and oxygen atoms in total. The number of carbonyl (C=O) groups is 2. The van der Waals surface area contributed by atoms with E-state index in [1.807, 2.05) is 6.92 Å². The topological polar surface area (TPSA) is 64.7 Å². The number of rotatable bonds is 14. The van der Waals surface area contributed by atoms with Crippen LogP contribution in [0.3, 0.4) is 0 Å². The molecule has 2 fully saturated rings. The molecule has 0 unspecified atom stereocenters. The Hall–Kier alpha value is -1.66. The summed E-state index contributed by atoms with van der Waals surface area (Å²) in [5.41, 5.74) is 1.80. The monoisotopic (exact) mass is 404 g/mol. The average molecular weight is 405 g/mol. The highest BCUT2D eigenvalue weighted by Crippen LogP contribution is 2.08. The summed E-state index contributed by atoms with van der Waals surface area (Å²) in [6.45, 7) is 12.2. The van der Waals surface area contributed by atoms with Crippen LogP contribution in [0.5, 0.6) is 0 Å². The first-order valence-corrected chi connectivity index (χ1v) is 11.4. The second-order valence-corrected chi connectivity index (χ2v) is 8.38. The lowest BCUT2D eigenvalue weighted by atomic mass is 10.1. The number of likely N-dealkylation sites (tertiary alicyclic amines) is 2. The van der Waals surface area contributed by atoms with Crippen molar-refractivity contribution in [3.63, 3.8) is 0 Å². The minimum Gasteiger partial charge on any atom is -0.388 e. The molecule has 0 spiro atoms. The zero-order chi connectivity index (χ0) is 20.9. The molecular weight excluding hydrogens is 364 g/mol. The molecule has 2 aliphatic rings. The van der Waals surface area contributed by atoms with E-state index in [0.717, 1.165) is 44.0 Å². The molecule has 29 heavy (non-hydrogen) atoms. The van der Waals surface area contributed by atoms with Crippen LogP contribution in [0.2, 0.25) is 0 Å². The van der Waals surface area contributed by atoms with Gasteiger partial charge in [0.05, 0.1) is 0 Å². The highest BCUT2D eigenvalue weighted by atomic mass is 16.1. The van der Waals surface area contributed by atoms with Crippen molar-refractivity contribution in [1.29, 1.82) is 0 Å². The van der Waals surface area contributed by atoms with Crippen molar-refractivity contribution in [1.82, 2.24) is 20.4 Å². The molecule has 0 aromatic rings. The fourth-order valence-corrected chi connectivity index (χ4v) is 4.05. The van der Waals surface area contributed by atoms with E-state index in [1.54, 1.807) is 19.1 Å². The molecule has 0 atom stereocenters. The van der Waals surface area contributed by atoms with Crippen molar-refractivity contribution in [3.05, 3.63) is 23.5 Å². The molecule has 2 rings (SSSR count). The molecule has 0 aliphatic carbocycles. The summed E-state index contributed by atoms with van der Waals surface area (Å²) >= 11 is 0. The first-order valence-electron chi connectivity index (χ1n) is 11.4. The zero-order valence-electron chi connectivity index (χ0n) is 18.5. The number of nitrogens with one attached hydrogen (secondary N) is 2. The van der Waals surface area contributed by atoms with Gasteiger partial charge in [0.15, 0.2) is 11.6 Å². The van der Waals surface area contributed by atoms with E-state index < -0.39 is 0 Å². The Morgan fingerprint density at radius 2 is 1.41 bits per heavy atom. The lowest BCUT2D eigenvalue weighted by molar-refractivity contribution is -0.115. The molecule has 164 valence electrons. The van der Waals surface area contributed by atoms with Crippen LogP contribution in [0.4, 0.5) is 0 Å². The molecule has 2 N–H and O–H groups in total. The Morgan fingerprint density at radius 1 is 0.793 bits per heavy atom. The maximum absolute atomic E-state index is 12.3. The van der Waals surface area contributed by atoms with Crippen molar-refractivity contribution >= 4 is 11.6 Å². The van der Waals surface area contributed by atoms with Crippen LogP contribution in [0.1, 0.15) is 58.8 Å². The summed E-state index contributed by atoms with van der Waals surface area (Å²) in [5, 5.41) is 6.71. The van der Waals surface area contributed by atoms with Crippen LogP contribution < -0.4 is 10.6 Å². The van der Waals surface area contributed by atoms with Gasteiger partial charge in [0.25, 0.3) is 0 Å². The van der Waals surface area contributed by atoms with Gasteiger partial charge >= 0.3 is 0 Å². The molecule has 0 saturated carbocycles. The summed E-state index contributed by atoms with van der Waals surface area (Å²) in [5.74, 6) is 0.123. The van der Waals surface area contributed by atoms with Gasteiger partial charge in [-0.15, -0.1) is 0 Å². The van der Waals surface area contributed by atoms with Gasteiger partial charge < -0.3 is 20.4 Å². The van der Waals surface area contributed by atoms with E-state index in [2.05, 4.69) is 20.4 Å². The quantitative estimate of drug-likeness (QED) is 0.343. The Kier molecular flexibility index (Phi) is 11.0. The van der Waals surface area contributed by atoms with E-state index >= 15 is 0 Å². The summed E-state index contributed by atoms with van der Waals surface area (Å²) in [4.78, 5) is 28.7. The molecule has 0 amide bonds. The Labute approximate surface area is 176 Å². The highest BCUT2D eigenvalue weighted by Gasteiger charge is 2.12. The molecule has 0 aromatic heterocycles. The molecule has 0 radical (unpaired) electrons. The first-order chi connectivity index (χ1) is 14.0. The Bertz CT molecular complexity index is 573. The van der Waals surface area contributed by atoms with Crippen molar-refractivity contribution in [2.75, 3.05) is 52.4 Å². The third kappa shape index (κ3) is 10.6. The lowest BCUT2D eigenvalue weighted by Crippen LogP contribution is -2.30. The van der Waals surface area contributed by atoms with Gasteiger partial charge in [-0.2, -0.15) is 0 Å². The van der Waals surface area contributed by atoms with E-state index in [4.69, 9.17) is 0 Å². The van der Waals surface area contributed by atoms with Crippen LogP contribution in [-0.4, -0.2) is 73.7 Å². The van der Waals surface area contributed by atoms with Crippen LogP contribution in [0.25, 0.3) is 0 Å². The zero-order valence-corrected chi connectivity index (χ0v) is 18.5. The Balaban J connectivity index is 1.64. The van der Waals surface area contributed by atoms with Gasteiger partial charge in [0.2, 0.25) is 0 Å². The van der Waals surface area contributed by atoms with Gasteiger partial charge in [-0.25, -0.2) is 0 Å². The molecule has 6 heteroatoms. The molecule has 0 aromatic carbocycles. The van der Waals surface area contributed by atoms with E-state index in [-0.39, 0.29) is 11.6 Å². The highest BCUT2D eigenvalue weighted by molar-refractivity contribution is 5.91. The van der Waals surface area contributed by atoms with Gasteiger partial charge in [-0.1, -0.05) is 0 Å². The van der Waals surface area contributed by atoms with Crippen LogP contribution in [-0.2, 0) is 9.59 Å². The van der Waals surface area contributed by atoms with Crippen LogP contribution in [0, 0.1) is 0 Å². The van der Waals surface area contributed by atoms with Gasteiger partial charge in [0.1, 0.15) is 0 Å². The number of allylic oxidation sites excluding steroid dienone is 4. The molecule has 0 bridgehead atoms. The number of hydrogen-bond donors (Lipinski definition) is 2. The number of carbonyl (C=O) groups excluding carboxylic acids is 2. The third-order valence-corrected chi connectivity index (χ3v) is 5.63. The smallest absolute Gasteiger partial charge is 0.157 e. The number of ketones is 2. The predicted molar refractivity (Wildman–Crippen MR) is 119 cm³/mol. The minimum absolute atomic E-state index is 0.0208. The van der Waals surface area contributed by atoms with E-state index in [1.165, 1.54) is 51.9 Å². The second-order valence-electron chi connectivity index (χ2n) is 8.38. The van der Waals surface area contributed by atoms with E-state index in [9.17, 15) is 9.59 Å². The third-order valence-electron chi connectivity index (χ3n) is 5.63. The maximum atomic E-state index is 12.3. The summed E-state index contributed by atoms with van der Waals surface area (Å²) in [6, 6.07) is 0. The summed E-state index contributed by atoms with van der Waals surface area (Å²) in [6.07, 6.45) is 10.6. The number of nitrogens with zero attached hydrogens (tertiary/aromatic N) is 2. The maximum Gasteiger partial charge on any atom is 0.157 e. The van der Waals surface area contributed by atoms with Crippen molar-refractivity contribution in [3.8, 4) is 0 Å². The summed E-state index contributed by atoms with van der Waals surface area (Å²) in [7, 11) is 0. The SMILES string of the molecule is CC(=O)/C=C(/CCC(=O)/C=C(/C)NCCCN1CCCC1)NCCN1CCCC1. The van der Waals surface area contributed by atoms with Crippen molar-refractivity contribution in [2.45, 2.75) is 58.8 Å². The Morgan fingerprint density at radius 3 is 2.03 bits per heavy atom. The van der Waals surface area contributed by atoms with Gasteiger partial charge in [-0.05, 0) is 97.2 Å². The van der Waals surface area contributed by atoms with Crippen LogP contribution >= 0.6 is 0 Å². The fourth-order valence-electron chi connectivity index (χ4n) is 4.05. The molecule has 2 saturated heterocycles. The van der Waals surface area contributed by atoms with E-state index in [0.29, 0.717) is 12.8 Å². The fraction of sp³-hybridized carbons (Fsp3) is 0.739. The van der Waals surface area contributed by atoms with Crippen LogP contribution in [0.15, 0.2) is 23.5 Å². The lowest BCUT2D eigenvalue weighted by Gasteiger charge is -2.16. The molecule has 2 aliphatic heterocycles. The molecule has 2 heterocycles. The van der Waals surface area contributed by atoms with Gasteiger partial charge in [0, 0.05) is 37.4 Å². The predicted octanol–water partition coefficient (Wildman–Crippen LogP) is 2.47. The van der Waals surface area contributed by atoms with Crippen molar-refractivity contribution in [2.24, 2.45) is 0 Å². The second kappa shape index (κ2) is 13.5. The largest absolute Gasteiger partial charge is 0.388 e. The first kappa shape index (κ1) is 23.6. The minimum atomic E-state index is 0.0208. The number of hydrogen-bond acceptors (Lipinski definition) is 6. The van der Waals surface area contributed by atoms with Crippen molar-refractivity contribution < 1.29 is 9.59 Å². The van der Waals surface area contributed by atoms with Gasteiger partial charge in [-0.3, -0.25) is 9.59 Å².